The normalized spacial score (nSPS) is 27.8. The van der Waals surface area contributed by atoms with Crippen LogP contribution in [0.1, 0.15) is 32.1 Å². The predicted octanol–water partition coefficient (Wildman–Crippen LogP) is 1.95. The Balaban J connectivity index is 1.74. The number of likely N-dealkylation sites (tertiary alicyclic amines) is 1. The summed E-state index contributed by atoms with van der Waals surface area (Å²) < 4.78 is 0. The summed E-state index contributed by atoms with van der Waals surface area (Å²) in [7, 11) is 4.01. The van der Waals surface area contributed by atoms with Crippen molar-refractivity contribution >= 4 is 23.6 Å². The highest BCUT2D eigenvalue weighted by molar-refractivity contribution is 7.99. The predicted molar refractivity (Wildman–Crippen MR) is 99.8 cm³/mol. The van der Waals surface area contributed by atoms with Gasteiger partial charge in [-0.25, -0.2) is 0 Å². The molecule has 136 valence electrons. The third kappa shape index (κ3) is 4.99. The summed E-state index contributed by atoms with van der Waals surface area (Å²) in [6, 6.07) is 0. The van der Waals surface area contributed by atoms with Crippen molar-refractivity contribution in [3.8, 4) is 0 Å². The highest BCUT2D eigenvalue weighted by Crippen LogP contribution is 2.35. The topological polar surface area (TPSA) is 52.7 Å². The van der Waals surface area contributed by atoms with E-state index in [0.717, 1.165) is 44.5 Å². The molecule has 2 fully saturated rings. The Hall–Kier alpha value is -1.01. The lowest BCUT2D eigenvalue weighted by Gasteiger charge is -2.31. The maximum atomic E-state index is 12.2. The minimum atomic E-state index is 0.139. The van der Waals surface area contributed by atoms with Crippen LogP contribution in [0.25, 0.3) is 0 Å². The molecular formula is C18H31N3O2S. The van der Waals surface area contributed by atoms with Gasteiger partial charge in [0.2, 0.25) is 11.8 Å². The Kier molecular flexibility index (Phi) is 7.16. The number of carbonyl (C=O) groups is 2. The van der Waals surface area contributed by atoms with E-state index >= 15 is 0 Å². The first-order chi connectivity index (χ1) is 11.4. The standard InChI is InChI=1S/C18H31N3O2S/c1-13-16(24-4)11-17(22)21(13)12-14-5-7-15(8-6-14)18(23)19-9-10-20(2)3/h14-16H,1,5-12H2,2-4H3,(H,19,23). The first-order valence-corrected chi connectivity index (χ1v) is 10.2. The van der Waals surface area contributed by atoms with Gasteiger partial charge in [-0.15, -0.1) is 0 Å². The summed E-state index contributed by atoms with van der Waals surface area (Å²) in [6.45, 7) is 6.48. The second kappa shape index (κ2) is 8.90. The lowest BCUT2D eigenvalue weighted by molar-refractivity contribution is -0.128. The lowest BCUT2D eigenvalue weighted by Crippen LogP contribution is -2.38. The Bertz CT molecular complexity index is 473. The third-order valence-electron chi connectivity index (χ3n) is 5.18. The smallest absolute Gasteiger partial charge is 0.228 e. The fraction of sp³-hybridized carbons (Fsp3) is 0.778. The van der Waals surface area contributed by atoms with E-state index in [2.05, 4.69) is 16.8 Å². The van der Waals surface area contributed by atoms with Gasteiger partial charge in [-0.3, -0.25) is 9.59 Å². The minimum absolute atomic E-state index is 0.139. The van der Waals surface area contributed by atoms with Gasteiger partial charge in [-0.05, 0) is 52.0 Å². The highest BCUT2D eigenvalue weighted by Gasteiger charge is 2.35. The number of amides is 2. The molecule has 1 unspecified atom stereocenters. The van der Waals surface area contributed by atoms with E-state index in [4.69, 9.17) is 0 Å². The van der Waals surface area contributed by atoms with Gasteiger partial charge in [-0.1, -0.05) is 6.58 Å². The lowest BCUT2D eigenvalue weighted by atomic mass is 9.81. The summed E-state index contributed by atoms with van der Waals surface area (Å²) in [4.78, 5) is 28.3. The zero-order valence-electron chi connectivity index (χ0n) is 15.2. The second-order valence-corrected chi connectivity index (χ2v) is 8.28. The minimum Gasteiger partial charge on any atom is -0.355 e. The molecule has 5 nitrogen and oxygen atoms in total. The maximum Gasteiger partial charge on any atom is 0.228 e. The van der Waals surface area contributed by atoms with Crippen LogP contribution in [0, 0.1) is 11.8 Å². The van der Waals surface area contributed by atoms with Gasteiger partial charge in [0.05, 0.1) is 5.25 Å². The molecule has 1 N–H and O–H groups in total. The average Bonchev–Trinajstić information content (AvgIpc) is 2.82. The Labute approximate surface area is 150 Å². The summed E-state index contributed by atoms with van der Waals surface area (Å²) >= 11 is 1.71. The van der Waals surface area contributed by atoms with Crippen molar-refractivity contribution < 1.29 is 9.59 Å². The summed E-state index contributed by atoms with van der Waals surface area (Å²) in [5, 5.41) is 3.28. The molecule has 1 aliphatic heterocycles. The molecule has 24 heavy (non-hydrogen) atoms. The van der Waals surface area contributed by atoms with Crippen LogP contribution in [0.15, 0.2) is 12.3 Å². The zero-order chi connectivity index (χ0) is 17.7. The van der Waals surface area contributed by atoms with Crippen molar-refractivity contribution in [1.82, 2.24) is 15.1 Å². The van der Waals surface area contributed by atoms with Crippen LogP contribution in [0.4, 0.5) is 0 Å². The van der Waals surface area contributed by atoms with E-state index in [9.17, 15) is 9.59 Å². The van der Waals surface area contributed by atoms with Crippen molar-refractivity contribution in [2.24, 2.45) is 11.8 Å². The van der Waals surface area contributed by atoms with E-state index in [1.54, 1.807) is 11.8 Å². The number of nitrogens with one attached hydrogen (secondary N) is 1. The van der Waals surface area contributed by atoms with Gasteiger partial charge in [0.25, 0.3) is 0 Å². The van der Waals surface area contributed by atoms with Gasteiger partial charge in [-0.2, -0.15) is 11.8 Å². The van der Waals surface area contributed by atoms with E-state index < -0.39 is 0 Å². The average molecular weight is 354 g/mol. The number of nitrogens with zero attached hydrogens (tertiary/aromatic N) is 2. The number of carbonyl (C=O) groups excluding carboxylic acids is 2. The van der Waals surface area contributed by atoms with E-state index in [0.29, 0.717) is 18.9 Å². The number of thioether (sulfide) groups is 1. The number of hydrogen-bond donors (Lipinski definition) is 1. The maximum absolute atomic E-state index is 12.2. The molecule has 1 atom stereocenters. The number of hydrogen-bond acceptors (Lipinski definition) is 4. The molecule has 0 spiro atoms. The Morgan fingerprint density at radius 2 is 2.00 bits per heavy atom. The molecule has 6 heteroatoms. The van der Waals surface area contributed by atoms with Gasteiger partial charge >= 0.3 is 0 Å². The molecule has 1 aliphatic carbocycles. The molecule has 1 heterocycles. The molecule has 2 rings (SSSR count). The quantitative estimate of drug-likeness (QED) is 0.760. The first-order valence-electron chi connectivity index (χ1n) is 8.86. The molecular weight excluding hydrogens is 322 g/mol. The molecule has 0 aromatic carbocycles. The van der Waals surface area contributed by atoms with Gasteiger partial charge in [0, 0.05) is 37.7 Å². The van der Waals surface area contributed by atoms with Crippen LogP contribution < -0.4 is 5.32 Å². The molecule has 1 saturated heterocycles. The molecule has 2 amide bonds. The van der Waals surface area contributed by atoms with Crippen LogP contribution in [-0.4, -0.2) is 66.8 Å². The van der Waals surface area contributed by atoms with Gasteiger partial charge in [0.1, 0.15) is 0 Å². The Morgan fingerprint density at radius 1 is 1.33 bits per heavy atom. The fourth-order valence-corrected chi connectivity index (χ4v) is 4.28. The van der Waals surface area contributed by atoms with Crippen molar-refractivity contribution in [2.75, 3.05) is 40.0 Å². The summed E-state index contributed by atoms with van der Waals surface area (Å²) in [6.07, 6.45) is 6.52. The van der Waals surface area contributed by atoms with Crippen molar-refractivity contribution in [3.63, 3.8) is 0 Å². The third-order valence-corrected chi connectivity index (χ3v) is 6.19. The second-order valence-electron chi connectivity index (χ2n) is 7.24. The zero-order valence-corrected chi connectivity index (χ0v) is 16.0. The molecule has 0 bridgehead atoms. The number of likely N-dealkylation sites (N-methyl/N-ethyl adjacent to an activating group) is 1. The highest BCUT2D eigenvalue weighted by atomic mass is 32.2. The van der Waals surface area contributed by atoms with Crippen LogP contribution in [0.2, 0.25) is 0 Å². The van der Waals surface area contributed by atoms with Crippen molar-refractivity contribution in [3.05, 3.63) is 12.3 Å². The van der Waals surface area contributed by atoms with Crippen molar-refractivity contribution in [1.29, 1.82) is 0 Å². The number of rotatable bonds is 7. The molecule has 1 saturated carbocycles. The van der Waals surface area contributed by atoms with Gasteiger partial charge in [0.15, 0.2) is 0 Å². The largest absolute Gasteiger partial charge is 0.355 e. The Morgan fingerprint density at radius 3 is 2.54 bits per heavy atom. The van der Waals surface area contributed by atoms with Gasteiger partial charge < -0.3 is 15.1 Å². The molecule has 0 aromatic rings. The van der Waals surface area contributed by atoms with Crippen LogP contribution >= 0.6 is 11.8 Å². The first kappa shape index (κ1) is 19.3. The van der Waals surface area contributed by atoms with Crippen molar-refractivity contribution in [2.45, 2.75) is 37.4 Å². The summed E-state index contributed by atoms with van der Waals surface area (Å²) in [5.74, 6) is 1.04. The van der Waals surface area contributed by atoms with Crippen LogP contribution in [-0.2, 0) is 9.59 Å². The van der Waals surface area contributed by atoms with Crippen LogP contribution in [0.3, 0.4) is 0 Å². The van der Waals surface area contributed by atoms with Crippen LogP contribution in [0.5, 0.6) is 0 Å². The monoisotopic (exact) mass is 353 g/mol. The molecule has 2 aliphatic rings. The van der Waals surface area contributed by atoms with E-state index in [1.165, 1.54) is 0 Å². The summed E-state index contributed by atoms with van der Waals surface area (Å²) in [5.41, 5.74) is 0.969. The molecule has 0 radical (unpaired) electrons. The molecule has 0 aromatic heterocycles. The van der Waals surface area contributed by atoms with E-state index in [-0.39, 0.29) is 23.0 Å². The SMILES string of the molecule is C=C1C(SC)CC(=O)N1CC1CCC(C(=O)NCCN(C)C)CC1. The fourth-order valence-electron chi connectivity index (χ4n) is 3.57. The van der Waals surface area contributed by atoms with E-state index in [1.807, 2.05) is 25.3 Å².